The fraction of sp³-hybridized carbons (Fsp3) is 0.700. The second-order valence-electron chi connectivity index (χ2n) is 4.48. The lowest BCUT2D eigenvalue weighted by Gasteiger charge is -2.27. The Kier molecular flexibility index (Phi) is 4.11. The molecule has 1 aromatic heterocycles. The Bertz CT molecular complexity index is 387. The van der Waals surface area contributed by atoms with Crippen molar-refractivity contribution >= 4 is 17.8 Å². The number of anilines is 3. The molecule has 1 aliphatic heterocycles. The van der Waals surface area contributed by atoms with E-state index in [4.69, 9.17) is 5.84 Å². The van der Waals surface area contributed by atoms with Crippen LogP contribution in [-0.2, 0) is 0 Å². The van der Waals surface area contributed by atoms with Gasteiger partial charge in [-0.25, -0.2) is 10.9 Å². The van der Waals surface area contributed by atoms with Crippen molar-refractivity contribution in [1.29, 1.82) is 0 Å². The maximum absolute atomic E-state index is 5.36. The Hall–Kier alpha value is -1.67. The molecule has 8 heteroatoms. The highest BCUT2D eigenvalue weighted by atomic mass is 15.5. The molecular weight excluding hydrogens is 232 g/mol. The van der Waals surface area contributed by atoms with Crippen LogP contribution in [0.1, 0.15) is 19.3 Å². The molecule has 0 saturated carbocycles. The molecule has 0 aromatic carbocycles. The summed E-state index contributed by atoms with van der Waals surface area (Å²) in [5.41, 5.74) is 5.65. The molecule has 1 fully saturated rings. The van der Waals surface area contributed by atoms with E-state index in [0.717, 1.165) is 13.1 Å². The highest BCUT2D eigenvalue weighted by Crippen LogP contribution is 2.13. The van der Waals surface area contributed by atoms with E-state index in [1.165, 1.54) is 19.3 Å². The number of hydrazine groups is 2. The Morgan fingerprint density at radius 2 is 1.72 bits per heavy atom. The van der Waals surface area contributed by atoms with Gasteiger partial charge in [0.25, 0.3) is 0 Å². The molecule has 1 aliphatic rings. The van der Waals surface area contributed by atoms with E-state index in [9.17, 15) is 0 Å². The topological polar surface area (TPSA) is 95.2 Å². The Labute approximate surface area is 107 Å². The molecule has 18 heavy (non-hydrogen) atoms. The molecule has 1 saturated heterocycles. The summed E-state index contributed by atoms with van der Waals surface area (Å²) in [6, 6.07) is 0. The summed E-state index contributed by atoms with van der Waals surface area (Å²) in [5.74, 6) is 6.80. The van der Waals surface area contributed by atoms with Gasteiger partial charge in [-0.15, -0.1) is 0 Å². The summed E-state index contributed by atoms with van der Waals surface area (Å²) in [7, 11) is 3.75. The minimum absolute atomic E-state index is 0.355. The van der Waals surface area contributed by atoms with Gasteiger partial charge in [0, 0.05) is 27.2 Å². The summed E-state index contributed by atoms with van der Waals surface area (Å²) in [5, 5.41) is 2.12. The van der Waals surface area contributed by atoms with Crippen molar-refractivity contribution < 1.29 is 0 Å². The number of hydrogen-bond donors (Lipinski definition) is 3. The zero-order chi connectivity index (χ0) is 13.0. The molecule has 8 nitrogen and oxygen atoms in total. The summed E-state index contributed by atoms with van der Waals surface area (Å²) in [6.07, 6.45) is 3.68. The minimum atomic E-state index is 0.355. The van der Waals surface area contributed by atoms with Crippen LogP contribution in [0.3, 0.4) is 0 Å². The van der Waals surface area contributed by atoms with Gasteiger partial charge in [0.05, 0.1) is 0 Å². The molecule has 100 valence electrons. The van der Waals surface area contributed by atoms with Gasteiger partial charge in [0.15, 0.2) is 0 Å². The fourth-order valence-corrected chi connectivity index (χ4v) is 1.83. The van der Waals surface area contributed by atoms with Gasteiger partial charge in [0.2, 0.25) is 17.8 Å². The smallest absolute Gasteiger partial charge is 0.244 e. The van der Waals surface area contributed by atoms with E-state index < -0.39 is 0 Å². The molecular formula is C10H20N8. The van der Waals surface area contributed by atoms with E-state index in [-0.39, 0.29) is 0 Å². The second kappa shape index (κ2) is 5.78. The first-order valence-corrected chi connectivity index (χ1v) is 6.10. The first-order valence-electron chi connectivity index (χ1n) is 6.10. The van der Waals surface area contributed by atoms with Gasteiger partial charge < -0.3 is 4.90 Å². The number of nitrogen functional groups attached to an aromatic ring is 1. The van der Waals surface area contributed by atoms with Crippen LogP contribution in [-0.4, -0.2) is 47.1 Å². The van der Waals surface area contributed by atoms with Gasteiger partial charge in [-0.2, -0.15) is 15.0 Å². The summed E-state index contributed by atoms with van der Waals surface area (Å²) in [4.78, 5) is 14.5. The lowest BCUT2D eigenvalue weighted by Crippen LogP contribution is -2.36. The Morgan fingerprint density at radius 3 is 2.33 bits per heavy atom. The van der Waals surface area contributed by atoms with Crippen LogP contribution in [0.5, 0.6) is 0 Å². The van der Waals surface area contributed by atoms with Crippen LogP contribution in [0.2, 0.25) is 0 Å². The van der Waals surface area contributed by atoms with Gasteiger partial charge >= 0.3 is 0 Å². The van der Waals surface area contributed by atoms with Gasteiger partial charge in [-0.05, 0) is 12.8 Å². The largest absolute Gasteiger partial charge is 0.347 e. The number of nitrogens with two attached hydrogens (primary N) is 1. The van der Waals surface area contributed by atoms with E-state index in [2.05, 4.69) is 30.8 Å². The summed E-state index contributed by atoms with van der Waals surface area (Å²) in [6.45, 7) is 2.02. The lowest BCUT2D eigenvalue weighted by molar-refractivity contribution is 0.271. The maximum Gasteiger partial charge on any atom is 0.244 e. The number of nitrogens with zero attached hydrogens (tertiary/aromatic N) is 5. The third-order valence-corrected chi connectivity index (χ3v) is 2.77. The Morgan fingerprint density at radius 1 is 1.06 bits per heavy atom. The molecule has 0 unspecified atom stereocenters. The highest BCUT2D eigenvalue weighted by molar-refractivity contribution is 5.41. The second-order valence-corrected chi connectivity index (χ2v) is 4.48. The normalized spacial score (nSPS) is 16.4. The van der Waals surface area contributed by atoms with Gasteiger partial charge in [-0.1, -0.05) is 6.42 Å². The fourth-order valence-electron chi connectivity index (χ4n) is 1.83. The van der Waals surface area contributed by atoms with Crippen molar-refractivity contribution in [2.45, 2.75) is 19.3 Å². The van der Waals surface area contributed by atoms with Crippen molar-refractivity contribution in [3.63, 3.8) is 0 Å². The van der Waals surface area contributed by atoms with Crippen LogP contribution in [0.15, 0.2) is 0 Å². The molecule has 2 heterocycles. The molecule has 0 amide bonds. The maximum atomic E-state index is 5.36. The SMILES string of the molecule is CN(C)c1nc(NN)nc(NN2CCCCC2)n1. The van der Waals surface area contributed by atoms with Crippen molar-refractivity contribution in [3.8, 4) is 0 Å². The first kappa shape index (κ1) is 12.8. The van der Waals surface area contributed by atoms with Crippen LogP contribution >= 0.6 is 0 Å². The van der Waals surface area contributed by atoms with Crippen molar-refractivity contribution in [2.24, 2.45) is 5.84 Å². The van der Waals surface area contributed by atoms with Crippen LogP contribution in [0, 0.1) is 0 Å². The van der Waals surface area contributed by atoms with Gasteiger partial charge in [-0.3, -0.25) is 10.9 Å². The predicted molar refractivity (Wildman–Crippen MR) is 71.0 cm³/mol. The number of aromatic nitrogens is 3. The average molecular weight is 252 g/mol. The third-order valence-electron chi connectivity index (χ3n) is 2.77. The van der Waals surface area contributed by atoms with Crippen molar-refractivity contribution in [3.05, 3.63) is 0 Å². The third kappa shape index (κ3) is 3.17. The highest BCUT2D eigenvalue weighted by Gasteiger charge is 2.13. The minimum Gasteiger partial charge on any atom is -0.347 e. The number of rotatable bonds is 4. The van der Waals surface area contributed by atoms with E-state index in [1.807, 2.05) is 19.0 Å². The van der Waals surface area contributed by atoms with E-state index in [1.54, 1.807) is 0 Å². The molecule has 0 spiro atoms. The molecule has 0 aliphatic carbocycles. The monoisotopic (exact) mass is 252 g/mol. The first-order chi connectivity index (χ1) is 8.69. The zero-order valence-electron chi connectivity index (χ0n) is 10.8. The summed E-state index contributed by atoms with van der Waals surface area (Å²) >= 11 is 0. The van der Waals surface area contributed by atoms with Crippen LogP contribution < -0.4 is 21.6 Å². The van der Waals surface area contributed by atoms with Crippen molar-refractivity contribution in [2.75, 3.05) is 42.9 Å². The summed E-state index contributed by atoms with van der Waals surface area (Å²) < 4.78 is 0. The molecule has 0 radical (unpaired) electrons. The number of piperidine rings is 1. The van der Waals surface area contributed by atoms with E-state index in [0.29, 0.717) is 17.8 Å². The van der Waals surface area contributed by atoms with Crippen LogP contribution in [0.25, 0.3) is 0 Å². The van der Waals surface area contributed by atoms with Crippen molar-refractivity contribution in [1.82, 2.24) is 20.0 Å². The average Bonchev–Trinajstić information content (AvgIpc) is 2.39. The number of nitrogens with one attached hydrogen (secondary N) is 2. The molecule has 1 aromatic rings. The van der Waals surface area contributed by atoms with Gasteiger partial charge in [0.1, 0.15) is 0 Å². The molecule has 0 bridgehead atoms. The van der Waals surface area contributed by atoms with E-state index >= 15 is 0 Å². The Balaban J connectivity index is 2.12. The standard InChI is InChI=1S/C10H20N8/c1-17(2)10-13-8(15-11)12-9(14-10)16-18-6-4-3-5-7-18/h3-7,11H2,1-2H3,(H2,12,13,14,15,16). The molecule has 2 rings (SSSR count). The van der Waals surface area contributed by atoms with Crippen LogP contribution in [0.4, 0.5) is 17.8 Å². The number of hydrogen-bond acceptors (Lipinski definition) is 8. The molecule has 0 atom stereocenters. The lowest BCUT2D eigenvalue weighted by atomic mass is 10.2. The predicted octanol–water partition coefficient (Wildman–Crippen LogP) is 0.0360. The quantitative estimate of drug-likeness (QED) is 0.510. The molecule has 4 N–H and O–H groups in total. The zero-order valence-corrected chi connectivity index (χ0v) is 10.8.